The van der Waals surface area contributed by atoms with Crippen molar-refractivity contribution in [3.8, 4) is 5.75 Å². The van der Waals surface area contributed by atoms with Gasteiger partial charge in [0, 0.05) is 24.5 Å². The average Bonchev–Trinajstić information content (AvgIpc) is 2.78. The second-order valence-corrected chi connectivity index (χ2v) is 7.92. The van der Waals surface area contributed by atoms with Gasteiger partial charge < -0.3 is 15.0 Å². The maximum absolute atomic E-state index is 13.1. The third-order valence-corrected chi connectivity index (χ3v) is 5.28. The maximum Gasteiger partial charge on any atom is 0.242 e. The Labute approximate surface area is 190 Å². The number of halogens is 1. The van der Waals surface area contributed by atoms with Crippen LogP contribution in [0.1, 0.15) is 51.5 Å². The van der Waals surface area contributed by atoms with Crippen molar-refractivity contribution in [2.45, 2.75) is 58.5 Å². The van der Waals surface area contributed by atoms with Crippen molar-refractivity contribution >= 4 is 23.4 Å². The molecule has 0 aliphatic rings. The molecule has 2 aromatic rings. The van der Waals surface area contributed by atoms with E-state index in [9.17, 15) is 9.59 Å². The molecule has 2 aromatic carbocycles. The van der Waals surface area contributed by atoms with Crippen molar-refractivity contribution in [3.05, 3.63) is 65.2 Å². The lowest BCUT2D eigenvalue weighted by Crippen LogP contribution is -2.49. The molecule has 0 aliphatic heterocycles. The van der Waals surface area contributed by atoms with E-state index in [1.165, 1.54) is 0 Å². The number of ether oxygens (including phenoxy) is 1. The van der Waals surface area contributed by atoms with E-state index >= 15 is 0 Å². The lowest BCUT2D eigenvalue weighted by atomic mass is 10.1. The number of carbonyl (C=O) groups is 2. The summed E-state index contributed by atoms with van der Waals surface area (Å²) in [5.41, 5.74) is 1.01. The fourth-order valence-electron chi connectivity index (χ4n) is 3.29. The van der Waals surface area contributed by atoms with E-state index in [1.54, 1.807) is 29.2 Å². The second-order valence-electron chi connectivity index (χ2n) is 7.48. The quantitative estimate of drug-likeness (QED) is 0.431. The van der Waals surface area contributed by atoms with Crippen molar-refractivity contribution < 1.29 is 14.3 Å². The lowest BCUT2D eigenvalue weighted by molar-refractivity contribution is -0.141. The summed E-state index contributed by atoms with van der Waals surface area (Å²) in [7, 11) is 0. The molecule has 0 bridgehead atoms. The maximum atomic E-state index is 13.1. The van der Waals surface area contributed by atoms with Crippen molar-refractivity contribution in [2.24, 2.45) is 0 Å². The Hall–Kier alpha value is -2.53. The summed E-state index contributed by atoms with van der Waals surface area (Å²) in [5, 5.41) is 3.64. The first kappa shape index (κ1) is 24.7. The van der Waals surface area contributed by atoms with Crippen LogP contribution in [0.5, 0.6) is 5.75 Å². The normalized spacial score (nSPS) is 11.6. The van der Waals surface area contributed by atoms with E-state index in [1.807, 2.05) is 37.3 Å². The molecule has 1 atom stereocenters. The van der Waals surface area contributed by atoms with E-state index in [4.69, 9.17) is 16.3 Å². The molecule has 168 valence electrons. The molecule has 0 saturated carbocycles. The minimum atomic E-state index is -0.484. The summed E-state index contributed by atoms with van der Waals surface area (Å²) in [5.74, 6) is 0.596. The van der Waals surface area contributed by atoms with Crippen LogP contribution in [0.15, 0.2) is 54.6 Å². The van der Waals surface area contributed by atoms with Crippen LogP contribution < -0.4 is 10.1 Å². The molecule has 0 heterocycles. The van der Waals surface area contributed by atoms with Crippen molar-refractivity contribution in [2.75, 3.05) is 13.2 Å². The van der Waals surface area contributed by atoms with E-state index in [0.717, 1.165) is 24.2 Å². The molecule has 0 radical (unpaired) electrons. The molecule has 0 aliphatic carbocycles. The van der Waals surface area contributed by atoms with Crippen LogP contribution in [0.25, 0.3) is 0 Å². The van der Waals surface area contributed by atoms with Gasteiger partial charge in [-0.05, 0) is 49.1 Å². The number of hydrogen-bond acceptors (Lipinski definition) is 3. The van der Waals surface area contributed by atoms with Crippen LogP contribution in [0.2, 0.25) is 5.02 Å². The van der Waals surface area contributed by atoms with Gasteiger partial charge in [-0.2, -0.15) is 0 Å². The number of benzene rings is 2. The zero-order valence-corrected chi connectivity index (χ0v) is 19.2. The van der Waals surface area contributed by atoms with Crippen molar-refractivity contribution in [3.63, 3.8) is 0 Å². The van der Waals surface area contributed by atoms with Gasteiger partial charge in [0.1, 0.15) is 11.8 Å². The van der Waals surface area contributed by atoms with E-state index in [2.05, 4.69) is 12.2 Å². The first-order chi connectivity index (χ1) is 15.0. The highest BCUT2D eigenvalue weighted by Gasteiger charge is 2.28. The minimum absolute atomic E-state index is 0.0407. The molecule has 31 heavy (non-hydrogen) atoms. The first-order valence-electron chi connectivity index (χ1n) is 11.0. The van der Waals surface area contributed by atoms with Crippen LogP contribution >= 0.6 is 11.6 Å². The highest BCUT2D eigenvalue weighted by molar-refractivity contribution is 6.30. The first-order valence-corrected chi connectivity index (χ1v) is 11.4. The zero-order chi connectivity index (χ0) is 22.5. The summed E-state index contributed by atoms with van der Waals surface area (Å²) in [6.07, 6.45) is 3.39. The molecule has 0 unspecified atom stereocenters. The van der Waals surface area contributed by atoms with E-state index < -0.39 is 6.04 Å². The van der Waals surface area contributed by atoms with Gasteiger partial charge in [0.15, 0.2) is 0 Å². The Bertz CT molecular complexity index is 796. The van der Waals surface area contributed by atoms with Crippen LogP contribution in [0, 0.1) is 0 Å². The zero-order valence-electron chi connectivity index (χ0n) is 18.5. The summed E-state index contributed by atoms with van der Waals surface area (Å²) >= 11 is 5.89. The van der Waals surface area contributed by atoms with Gasteiger partial charge in [0.2, 0.25) is 11.8 Å². The topological polar surface area (TPSA) is 58.6 Å². The molecule has 0 aromatic heterocycles. The minimum Gasteiger partial charge on any atom is -0.494 e. The highest BCUT2D eigenvalue weighted by Crippen LogP contribution is 2.17. The van der Waals surface area contributed by atoms with Crippen molar-refractivity contribution in [1.29, 1.82) is 0 Å². The number of unbranched alkanes of at least 4 members (excludes halogenated alkanes) is 1. The monoisotopic (exact) mass is 444 g/mol. The Morgan fingerprint density at radius 1 is 1.03 bits per heavy atom. The molecular weight excluding hydrogens is 412 g/mol. The Morgan fingerprint density at radius 2 is 1.74 bits per heavy atom. The fourth-order valence-corrected chi connectivity index (χ4v) is 3.42. The van der Waals surface area contributed by atoms with Crippen LogP contribution in [0.3, 0.4) is 0 Å². The summed E-state index contributed by atoms with van der Waals surface area (Å²) in [6, 6.07) is 16.5. The second kappa shape index (κ2) is 13.7. The number of rotatable bonds is 13. The average molecular weight is 445 g/mol. The van der Waals surface area contributed by atoms with Crippen LogP contribution in [-0.4, -0.2) is 35.9 Å². The Morgan fingerprint density at radius 3 is 2.39 bits per heavy atom. The molecule has 2 amide bonds. The number of nitrogens with one attached hydrogen (secondary N) is 1. The highest BCUT2D eigenvalue weighted by atomic mass is 35.5. The smallest absolute Gasteiger partial charge is 0.242 e. The number of amides is 2. The van der Waals surface area contributed by atoms with Gasteiger partial charge in [-0.15, -0.1) is 0 Å². The van der Waals surface area contributed by atoms with Crippen molar-refractivity contribution in [1.82, 2.24) is 10.2 Å². The summed E-state index contributed by atoms with van der Waals surface area (Å²) in [4.78, 5) is 27.6. The van der Waals surface area contributed by atoms with Gasteiger partial charge in [-0.1, -0.05) is 62.2 Å². The molecule has 1 N–H and O–H groups in total. The van der Waals surface area contributed by atoms with Gasteiger partial charge in [0.05, 0.1) is 6.61 Å². The molecular formula is C25H33ClN2O3. The number of carbonyl (C=O) groups excluding carboxylic acids is 2. The Balaban J connectivity index is 1.99. The lowest BCUT2D eigenvalue weighted by Gasteiger charge is -2.30. The molecule has 0 saturated heterocycles. The fraction of sp³-hybridized carbons (Fsp3) is 0.440. The molecule has 2 rings (SSSR count). The van der Waals surface area contributed by atoms with E-state index in [0.29, 0.717) is 44.0 Å². The number of hydrogen-bond donors (Lipinski definition) is 1. The van der Waals surface area contributed by atoms with Gasteiger partial charge in [-0.25, -0.2) is 0 Å². The SMILES string of the molecule is CCCCNC(=O)[C@H](CC)N(Cc1ccccc1)C(=O)CCCOc1ccc(Cl)cc1. The van der Waals surface area contributed by atoms with E-state index in [-0.39, 0.29) is 11.8 Å². The predicted molar refractivity (Wildman–Crippen MR) is 125 cm³/mol. The third kappa shape index (κ3) is 8.62. The summed E-state index contributed by atoms with van der Waals surface area (Å²) in [6.45, 7) is 5.50. The van der Waals surface area contributed by atoms with Crippen LogP contribution in [0.4, 0.5) is 0 Å². The Kier molecular flexibility index (Phi) is 10.9. The van der Waals surface area contributed by atoms with Gasteiger partial charge in [0.25, 0.3) is 0 Å². The molecule has 5 nitrogen and oxygen atoms in total. The standard InChI is InChI=1S/C25H33ClN2O3/c1-3-5-17-27-25(30)23(4-2)28(19-20-10-7-6-8-11-20)24(29)12-9-18-31-22-15-13-21(26)14-16-22/h6-8,10-11,13-16,23H,3-5,9,12,17-19H2,1-2H3,(H,27,30)/t23-/m0/s1. The predicted octanol–water partition coefficient (Wildman–Crippen LogP) is 5.22. The summed E-state index contributed by atoms with van der Waals surface area (Å²) < 4.78 is 5.70. The number of nitrogens with zero attached hydrogens (tertiary/aromatic N) is 1. The van der Waals surface area contributed by atoms with Crippen LogP contribution in [-0.2, 0) is 16.1 Å². The molecule has 6 heteroatoms. The van der Waals surface area contributed by atoms with Gasteiger partial charge >= 0.3 is 0 Å². The largest absolute Gasteiger partial charge is 0.494 e. The molecule has 0 fully saturated rings. The molecule has 0 spiro atoms. The third-order valence-electron chi connectivity index (χ3n) is 5.03. The van der Waals surface area contributed by atoms with Gasteiger partial charge in [-0.3, -0.25) is 9.59 Å².